The molecular formula is C98H147BrF3N7O26S4Si2. The molecule has 10 aliphatic rings. The Labute approximate surface area is 845 Å². The van der Waals surface area contributed by atoms with Crippen LogP contribution >= 0.6 is 15.9 Å². The van der Waals surface area contributed by atoms with Crippen LogP contribution in [0.1, 0.15) is 270 Å². The molecule has 10 fully saturated rings. The number of nitrogens with zero attached hydrogens (tertiary/aromatic N) is 7. The van der Waals surface area contributed by atoms with Crippen molar-refractivity contribution in [1.29, 1.82) is 5.26 Å². The summed E-state index contributed by atoms with van der Waals surface area (Å²) in [6, 6.07) is 15.7. The maximum Gasteiger partial charge on any atom is 0.338 e. The molecule has 0 aromatic heterocycles. The predicted octanol–water partition coefficient (Wildman–Crippen LogP) is 15.7. The van der Waals surface area contributed by atoms with Gasteiger partial charge in [0.25, 0.3) is 0 Å². The minimum atomic E-state index is -4.13. The Bertz CT molecular complexity index is 5360. The number of carbonyl (C=O) groups excluding carboxylic acids is 4. The van der Waals surface area contributed by atoms with Gasteiger partial charge in [0.05, 0.1) is 98.4 Å². The molecule has 0 radical (unpaired) electrons. The fourth-order valence-corrected chi connectivity index (χ4v) is 23.5. The Morgan fingerprint density at radius 2 is 0.730 bits per heavy atom. The van der Waals surface area contributed by atoms with Crippen LogP contribution < -0.4 is 0 Å². The topological polar surface area (TPSA) is 396 Å². The fourth-order valence-electron chi connectivity index (χ4n) is 16.9. The first kappa shape index (κ1) is 121. The van der Waals surface area contributed by atoms with E-state index in [0.29, 0.717) is 189 Å². The summed E-state index contributed by atoms with van der Waals surface area (Å²) >= 11 is 3.47. The van der Waals surface area contributed by atoms with Crippen molar-refractivity contribution in [2.75, 3.05) is 124 Å². The number of esters is 4. The molecule has 33 nitrogen and oxygen atoms in total. The average molecular weight is 2160 g/mol. The van der Waals surface area contributed by atoms with Gasteiger partial charge in [0.15, 0.2) is 41.8 Å². The van der Waals surface area contributed by atoms with Gasteiger partial charge in [-0.3, -0.25) is 0 Å². The van der Waals surface area contributed by atoms with Crippen LogP contribution in [0.25, 0.3) is 6.08 Å². The Balaban J connectivity index is 0.000000233. The van der Waals surface area contributed by atoms with Crippen molar-refractivity contribution in [3.63, 3.8) is 0 Å². The van der Waals surface area contributed by atoms with E-state index in [0.717, 1.165) is 93.3 Å². The smallest absolute Gasteiger partial charge is 0.338 e. The number of alkyl halides is 1. The van der Waals surface area contributed by atoms with Crippen LogP contribution in [-0.4, -0.2) is 280 Å². The van der Waals surface area contributed by atoms with Crippen LogP contribution in [0, 0.1) is 66.7 Å². The number of hydrogen-bond donors (Lipinski definition) is 0. The third-order valence-electron chi connectivity index (χ3n) is 23.9. The number of aryl methyl sites for hydroxylation is 8. The maximum atomic E-state index is 15.1. The van der Waals surface area contributed by atoms with Crippen molar-refractivity contribution < 1.29 is 133 Å². The van der Waals surface area contributed by atoms with Gasteiger partial charge in [0.2, 0.25) is 45.6 Å². The molecule has 10 saturated heterocycles. The molecule has 4 spiro atoms. The van der Waals surface area contributed by atoms with Gasteiger partial charge in [-0.25, -0.2) is 61.5 Å². The molecule has 3 unspecified atom stereocenters. The number of nitriles is 1. The molecular weight excluding hydrogens is 2010 g/mol. The van der Waals surface area contributed by atoms with E-state index in [2.05, 4.69) is 32.2 Å². The van der Waals surface area contributed by atoms with E-state index in [9.17, 15) is 61.8 Å². The molecule has 3 atom stereocenters. The molecule has 0 saturated carbocycles. The van der Waals surface area contributed by atoms with Crippen molar-refractivity contribution in [3.8, 4) is 6.07 Å². The summed E-state index contributed by atoms with van der Waals surface area (Å²) in [5.41, 5.74) is 7.08. The van der Waals surface area contributed by atoms with Crippen molar-refractivity contribution in [3.05, 3.63) is 154 Å². The van der Waals surface area contributed by atoms with E-state index in [-0.39, 0.29) is 48.7 Å². The first-order chi connectivity index (χ1) is 65.7. The van der Waals surface area contributed by atoms with E-state index in [1.54, 1.807) is 87.5 Å². The summed E-state index contributed by atoms with van der Waals surface area (Å²) in [6.07, 6.45) is 10.1. The van der Waals surface area contributed by atoms with Gasteiger partial charge in [-0.15, -0.1) is 0 Å². The van der Waals surface area contributed by atoms with Crippen LogP contribution in [0.4, 0.5) is 13.4 Å². The lowest BCUT2D eigenvalue weighted by Gasteiger charge is -2.37. The zero-order valence-electron chi connectivity index (χ0n) is 85.7. The van der Waals surface area contributed by atoms with E-state index < -0.39 is 122 Å². The number of ether oxygens (including phenoxy) is 14. The molecule has 4 aromatic carbocycles. The van der Waals surface area contributed by atoms with E-state index in [1.165, 1.54) is 25.2 Å². The summed E-state index contributed by atoms with van der Waals surface area (Å²) < 4.78 is 221. The third-order valence-corrected chi connectivity index (χ3v) is 33.9. The minimum Gasteiger partial charge on any atom is -0.456 e. The number of piperidine rings is 4. The van der Waals surface area contributed by atoms with Crippen LogP contribution in [0.2, 0.25) is 0 Å². The van der Waals surface area contributed by atoms with E-state index >= 15 is 4.39 Å². The number of benzene rings is 4. The van der Waals surface area contributed by atoms with Crippen molar-refractivity contribution in [2.45, 2.75) is 298 Å². The van der Waals surface area contributed by atoms with Gasteiger partial charge in [-0.05, 0) is 286 Å². The minimum absolute atomic E-state index is 0.0369. The van der Waals surface area contributed by atoms with E-state index in [4.69, 9.17) is 71.6 Å². The van der Waals surface area contributed by atoms with Crippen LogP contribution in [0.5, 0.6) is 0 Å². The SMILES string of the molecule is C=CS(=O)(=O)N1CCC2(CC1)OCCO2.CC#N.Cc1cc(C(=O)OC(C)(C)C)cc(C)c1/C=C/S(=O)(=O)N1CCC2(CC1)OCCO2.Cc1cc(C(=O)OC(C)(C)C)cc(C)c1Br.Cc1cc(C(=O)OC(C)(C)C)cc(C)c1CC(F)S(=O)(=O)N1CCC2(CC1)OCCO2.Cc1cc(C(=O)OC(C)(C)C)cc(C)c1CCS(=O)(=O)N1CCC2(CC1)OCCO2.FN=[SiH]C1CCCO1.FN=[SiH]C1CCCO1. The average Bonchev–Trinajstić information content (AvgIpc) is 1.78. The Kier molecular flexibility index (Phi) is 45.8. The molecule has 0 aliphatic carbocycles. The second kappa shape index (κ2) is 53.2. The largest absolute Gasteiger partial charge is 0.456 e. The monoisotopic (exact) mass is 2160 g/mol. The number of halogens is 4. The van der Waals surface area contributed by atoms with Gasteiger partial charge in [0, 0.05) is 146 Å². The molecule has 0 N–H and O–H groups in total. The maximum absolute atomic E-state index is 15.1. The van der Waals surface area contributed by atoms with Gasteiger partial charge in [-0.2, -0.15) is 27.9 Å². The van der Waals surface area contributed by atoms with Gasteiger partial charge >= 0.3 is 23.9 Å². The summed E-state index contributed by atoms with van der Waals surface area (Å²) in [5, 5.41) is 9.55. The Hall–Kier alpha value is -6.73. The zero-order chi connectivity index (χ0) is 105. The quantitative estimate of drug-likeness (QED) is 0.0478. The van der Waals surface area contributed by atoms with Gasteiger partial charge in [0.1, 0.15) is 22.4 Å². The van der Waals surface area contributed by atoms with Crippen molar-refractivity contribution >= 4 is 105 Å². The number of rotatable bonds is 19. The number of sulfonamides is 4. The van der Waals surface area contributed by atoms with Gasteiger partial charge in [-0.1, -0.05) is 31.5 Å². The van der Waals surface area contributed by atoms with Crippen LogP contribution in [0.15, 0.2) is 80.1 Å². The lowest BCUT2D eigenvalue weighted by molar-refractivity contribution is -0.179. The lowest BCUT2D eigenvalue weighted by Crippen LogP contribution is -2.49. The highest BCUT2D eigenvalue weighted by Crippen LogP contribution is 2.39. The highest BCUT2D eigenvalue weighted by Gasteiger charge is 2.48. The molecule has 10 aliphatic heterocycles. The normalized spacial score (nSPS) is 20.7. The third kappa shape index (κ3) is 37.9. The zero-order valence-corrected chi connectivity index (χ0v) is 92.8. The number of carbonyl (C=O) groups is 4. The second-order valence-corrected chi connectivity index (χ2v) is 50.9. The molecule has 43 heteroatoms. The van der Waals surface area contributed by atoms with Crippen LogP contribution in [-0.2, 0) is 119 Å². The molecule has 10 heterocycles. The molecule has 4 aromatic rings. The van der Waals surface area contributed by atoms with Crippen molar-refractivity contribution in [1.82, 2.24) is 17.2 Å². The molecule has 14 rings (SSSR count). The number of hydrogen-bond acceptors (Lipinski definition) is 29. The highest BCUT2D eigenvalue weighted by molar-refractivity contribution is 9.10. The molecule has 0 bridgehead atoms. The summed E-state index contributed by atoms with van der Waals surface area (Å²) in [4.78, 5) is 54.0. The van der Waals surface area contributed by atoms with E-state index in [1.807, 2.05) is 116 Å². The summed E-state index contributed by atoms with van der Waals surface area (Å²) in [6.45, 7) is 50.4. The van der Waals surface area contributed by atoms with Crippen LogP contribution in [0.3, 0.4) is 0 Å². The first-order valence-corrected chi connectivity index (χ1v) is 56.9. The molecule has 790 valence electrons. The summed E-state index contributed by atoms with van der Waals surface area (Å²) in [5.74, 6) is -3.90. The Morgan fingerprint density at radius 3 is 1.01 bits per heavy atom. The lowest BCUT2D eigenvalue weighted by atomic mass is 9.97. The second-order valence-electron chi connectivity index (χ2n) is 39.8. The molecule has 141 heavy (non-hydrogen) atoms. The van der Waals surface area contributed by atoms with Crippen molar-refractivity contribution in [2.24, 2.45) is 9.71 Å². The Morgan fingerprint density at radius 1 is 0.461 bits per heavy atom. The molecule has 0 amide bonds. The highest BCUT2D eigenvalue weighted by atomic mass is 79.9. The standard InChI is InChI=1S/C22H32FNO6S.C22H33NO6S.C22H31NO6S.C13H17BrO2.C9H15NO4S.2C4H8FNOSi.C2H3N/c1-15-12-17(20(25)30-21(3,4)5)13-16(2)18(15)14-19(23)31(26,27)24-8-6-22(7-9-24)28-10-11-29-22;2*1-16-14-18(20(24)29-21(3,4)5)15-17(2)19(16)6-13-30(25,26)23-9-7-22(8-10-23)27-11-12-28-22;1-8-6-10(7-9(2)11(8)14)12(15)16-13(3,4)5;1-2-15(11,12)10-5-3-9(4-6-10)13-7-8-14-9;2*5-6-8-4-2-1-3-7-4;1-2-3/h12-13,19H,6-11,14H2,1-5H3;14-15H,6-13H2,1-5H3;6,13-15H,7-12H2,1-5H3;6-7H,1-5H3;2H,1,3-8H2;2*4,8H,1-3H2;1H3/b;;13-6+;;;;;. The van der Waals surface area contributed by atoms with Gasteiger partial charge < -0.3 is 66.3 Å². The predicted molar refractivity (Wildman–Crippen MR) is 536 cm³/mol. The fraction of sp³-hybridized carbons (Fsp3) is 0.663. The summed E-state index contributed by atoms with van der Waals surface area (Å²) in [7, 11) is -15.2. The first-order valence-electron chi connectivity index (χ1n) is 47.6.